The minimum Gasteiger partial charge on any atom is -0.315 e. The third kappa shape index (κ3) is 1.48. The lowest BCUT2D eigenvalue weighted by atomic mass is 10.1. The van der Waals surface area contributed by atoms with Crippen molar-refractivity contribution in [2.75, 3.05) is 7.05 Å². The Kier molecular flexibility index (Phi) is 2.34. The van der Waals surface area contributed by atoms with Crippen LogP contribution in [0.3, 0.4) is 0 Å². The molecule has 1 N–H and O–H groups in total. The molecule has 0 aromatic heterocycles. The first-order valence-electron chi connectivity index (χ1n) is 3.44. The average molecular weight is 112 g/mol. The van der Waals surface area contributed by atoms with E-state index < -0.39 is 0 Å². The highest BCUT2D eigenvalue weighted by Crippen LogP contribution is 2.25. The van der Waals surface area contributed by atoms with Gasteiger partial charge in [0.05, 0.1) is 0 Å². The highest BCUT2D eigenvalue weighted by molar-refractivity contribution is 4.77. The zero-order chi connectivity index (χ0) is 5.82. The summed E-state index contributed by atoms with van der Waals surface area (Å²) in [4.78, 5) is 0. The lowest BCUT2D eigenvalue weighted by molar-refractivity contribution is 0.591. The van der Waals surface area contributed by atoms with Crippen LogP contribution in [0.25, 0.3) is 0 Å². The van der Waals surface area contributed by atoms with Gasteiger partial charge in [-0.05, 0) is 25.8 Å². The standard InChI is InChI=1S/C7H14N/c1-8-6-7-4-2-3-5-7/h6-8H,2-5H2,1H3. The van der Waals surface area contributed by atoms with Crippen LogP contribution in [-0.2, 0) is 0 Å². The molecule has 0 aromatic rings. The number of rotatable bonds is 2. The highest BCUT2D eigenvalue weighted by atomic mass is 14.8. The van der Waals surface area contributed by atoms with Crippen LogP contribution in [-0.4, -0.2) is 7.05 Å². The Balaban J connectivity index is 2.06. The van der Waals surface area contributed by atoms with Crippen molar-refractivity contribution in [3.05, 3.63) is 6.54 Å². The van der Waals surface area contributed by atoms with Crippen LogP contribution in [0.4, 0.5) is 0 Å². The zero-order valence-corrected chi connectivity index (χ0v) is 5.48. The van der Waals surface area contributed by atoms with Crippen LogP contribution in [0, 0.1) is 12.5 Å². The molecule has 0 unspecified atom stereocenters. The summed E-state index contributed by atoms with van der Waals surface area (Å²) in [6.07, 6.45) is 5.67. The summed E-state index contributed by atoms with van der Waals surface area (Å²) in [6, 6.07) is 0. The summed E-state index contributed by atoms with van der Waals surface area (Å²) in [5, 5.41) is 3.08. The Hall–Kier alpha value is -0.0400. The molecule has 0 spiro atoms. The zero-order valence-electron chi connectivity index (χ0n) is 5.48. The molecular formula is C7H14N. The Morgan fingerprint density at radius 3 is 2.50 bits per heavy atom. The van der Waals surface area contributed by atoms with Crippen molar-refractivity contribution in [3.8, 4) is 0 Å². The smallest absolute Gasteiger partial charge is 0.0248 e. The maximum absolute atomic E-state index is 3.08. The second kappa shape index (κ2) is 3.08. The van der Waals surface area contributed by atoms with Gasteiger partial charge in [0.15, 0.2) is 0 Å². The van der Waals surface area contributed by atoms with Gasteiger partial charge in [-0.3, -0.25) is 0 Å². The molecule has 0 amide bonds. The van der Waals surface area contributed by atoms with Crippen molar-refractivity contribution in [2.45, 2.75) is 25.7 Å². The van der Waals surface area contributed by atoms with Crippen molar-refractivity contribution < 1.29 is 0 Å². The van der Waals surface area contributed by atoms with Gasteiger partial charge in [-0.1, -0.05) is 12.8 Å². The Morgan fingerprint density at radius 2 is 2.00 bits per heavy atom. The van der Waals surface area contributed by atoms with Crippen molar-refractivity contribution in [2.24, 2.45) is 5.92 Å². The van der Waals surface area contributed by atoms with E-state index in [4.69, 9.17) is 0 Å². The quantitative estimate of drug-likeness (QED) is 0.571. The van der Waals surface area contributed by atoms with Gasteiger partial charge in [-0.2, -0.15) is 0 Å². The summed E-state index contributed by atoms with van der Waals surface area (Å²) >= 11 is 0. The van der Waals surface area contributed by atoms with E-state index in [9.17, 15) is 0 Å². The second-order valence-corrected chi connectivity index (χ2v) is 2.50. The van der Waals surface area contributed by atoms with E-state index >= 15 is 0 Å². The fourth-order valence-electron chi connectivity index (χ4n) is 1.36. The Labute approximate surface area is 51.5 Å². The molecule has 1 saturated carbocycles. The van der Waals surface area contributed by atoms with Gasteiger partial charge >= 0.3 is 0 Å². The molecule has 0 saturated heterocycles. The molecule has 0 aromatic carbocycles. The SMILES string of the molecule is CN[CH]C1CCCC1. The monoisotopic (exact) mass is 112 g/mol. The van der Waals surface area contributed by atoms with Gasteiger partial charge in [0, 0.05) is 6.54 Å². The molecule has 1 nitrogen and oxygen atoms in total. The molecule has 1 fully saturated rings. The molecule has 1 aliphatic rings. The topological polar surface area (TPSA) is 12.0 Å². The van der Waals surface area contributed by atoms with Crippen LogP contribution in [0.5, 0.6) is 0 Å². The first kappa shape index (κ1) is 6.09. The first-order chi connectivity index (χ1) is 3.93. The second-order valence-electron chi connectivity index (χ2n) is 2.50. The van der Waals surface area contributed by atoms with Gasteiger partial charge in [0.1, 0.15) is 0 Å². The summed E-state index contributed by atoms with van der Waals surface area (Å²) in [5.41, 5.74) is 0. The molecule has 0 bridgehead atoms. The molecule has 1 radical (unpaired) electrons. The minimum atomic E-state index is 0.875. The van der Waals surface area contributed by atoms with E-state index in [-0.39, 0.29) is 0 Å². The molecule has 1 heteroatoms. The van der Waals surface area contributed by atoms with E-state index in [0.717, 1.165) is 5.92 Å². The summed E-state index contributed by atoms with van der Waals surface area (Å²) in [5.74, 6) is 0.875. The fraction of sp³-hybridized carbons (Fsp3) is 0.857. The summed E-state index contributed by atoms with van der Waals surface area (Å²) < 4.78 is 0. The van der Waals surface area contributed by atoms with E-state index in [2.05, 4.69) is 11.9 Å². The van der Waals surface area contributed by atoms with Crippen LogP contribution < -0.4 is 5.32 Å². The van der Waals surface area contributed by atoms with Gasteiger partial charge in [-0.15, -0.1) is 0 Å². The van der Waals surface area contributed by atoms with Gasteiger partial charge in [0.25, 0.3) is 0 Å². The normalized spacial score (nSPS) is 22.1. The lowest BCUT2D eigenvalue weighted by Gasteiger charge is -2.04. The Bertz CT molecular complexity index is 55.4. The summed E-state index contributed by atoms with van der Waals surface area (Å²) in [7, 11) is 1.98. The molecule has 1 aliphatic carbocycles. The molecule has 47 valence electrons. The highest BCUT2D eigenvalue weighted by Gasteiger charge is 2.13. The maximum Gasteiger partial charge on any atom is 0.0248 e. The third-order valence-electron chi connectivity index (χ3n) is 1.80. The average Bonchev–Trinajstić information content (AvgIpc) is 2.19. The summed E-state index contributed by atoms with van der Waals surface area (Å²) in [6.45, 7) is 2.22. The van der Waals surface area contributed by atoms with Gasteiger partial charge < -0.3 is 5.32 Å². The molecule has 0 aliphatic heterocycles. The van der Waals surface area contributed by atoms with E-state index in [1.165, 1.54) is 25.7 Å². The third-order valence-corrected chi connectivity index (χ3v) is 1.80. The van der Waals surface area contributed by atoms with Crippen LogP contribution in [0.15, 0.2) is 0 Å². The number of nitrogens with one attached hydrogen (secondary N) is 1. The predicted molar refractivity (Wildman–Crippen MR) is 35.3 cm³/mol. The van der Waals surface area contributed by atoms with Gasteiger partial charge in [-0.25, -0.2) is 0 Å². The van der Waals surface area contributed by atoms with Crippen molar-refractivity contribution >= 4 is 0 Å². The van der Waals surface area contributed by atoms with E-state index in [1.807, 2.05) is 7.05 Å². The minimum absolute atomic E-state index is 0.875. The molecule has 0 atom stereocenters. The van der Waals surface area contributed by atoms with Crippen molar-refractivity contribution in [1.29, 1.82) is 0 Å². The number of hydrogen-bond acceptors (Lipinski definition) is 1. The predicted octanol–water partition coefficient (Wildman–Crippen LogP) is 1.56. The lowest BCUT2D eigenvalue weighted by Crippen LogP contribution is -2.08. The Morgan fingerprint density at radius 1 is 1.38 bits per heavy atom. The molecule has 0 heterocycles. The number of hydrogen-bond donors (Lipinski definition) is 1. The largest absolute Gasteiger partial charge is 0.315 e. The van der Waals surface area contributed by atoms with Crippen molar-refractivity contribution in [1.82, 2.24) is 5.32 Å². The van der Waals surface area contributed by atoms with Crippen LogP contribution in [0.1, 0.15) is 25.7 Å². The van der Waals surface area contributed by atoms with Crippen molar-refractivity contribution in [3.63, 3.8) is 0 Å². The maximum atomic E-state index is 3.08. The molecule has 1 rings (SSSR count). The van der Waals surface area contributed by atoms with E-state index in [1.54, 1.807) is 0 Å². The molecular weight excluding hydrogens is 98.1 g/mol. The van der Waals surface area contributed by atoms with E-state index in [0.29, 0.717) is 0 Å². The van der Waals surface area contributed by atoms with Gasteiger partial charge in [0.2, 0.25) is 0 Å². The first-order valence-corrected chi connectivity index (χ1v) is 3.44. The van der Waals surface area contributed by atoms with Crippen LogP contribution >= 0.6 is 0 Å². The fourth-order valence-corrected chi connectivity index (χ4v) is 1.36. The van der Waals surface area contributed by atoms with Crippen LogP contribution in [0.2, 0.25) is 0 Å². The molecule has 8 heavy (non-hydrogen) atoms.